The zero-order chi connectivity index (χ0) is 14.7. The van der Waals surface area contributed by atoms with E-state index in [0.29, 0.717) is 5.69 Å². The quantitative estimate of drug-likeness (QED) is 0.298. The van der Waals surface area contributed by atoms with Gasteiger partial charge >= 0.3 is 0 Å². The zero-order valence-electron chi connectivity index (χ0n) is 10.3. The zero-order valence-corrected chi connectivity index (χ0v) is 11.2. The monoisotopic (exact) mass is 296 g/mol. The molecule has 8 heteroatoms. The number of benzene rings is 1. The summed E-state index contributed by atoms with van der Waals surface area (Å²) in [5.74, 6) is -1.53. The summed E-state index contributed by atoms with van der Waals surface area (Å²) in [7, 11) is 0. The minimum atomic E-state index is -0.703. The Morgan fingerprint density at radius 1 is 1.30 bits per heavy atom. The summed E-state index contributed by atoms with van der Waals surface area (Å²) in [5, 5.41) is 11.7. The predicted octanol–water partition coefficient (Wildman–Crippen LogP) is 2.31. The van der Waals surface area contributed by atoms with E-state index < -0.39 is 11.6 Å². The van der Waals surface area contributed by atoms with Gasteiger partial charge in [-0.25, -0.2) is 18.7 Å². The lowest BCUT2D eigenvalue weighted by molar-refractivity contribution is 0.318. The molecule has 0 amide bonds. The van der Waals surface area contributed by atoms with Crippen LogP contribution in [0.5, 0.6) is 0 Å². The maximum absolute atomic E-state index is 13.6. The summed E-state index contributed by atoms with van der Waals surface area (Å²) in [6.07, 6.45) is 0. The molecule has 2 aromatic rings. The van der Waals surface area contributed by atoms with Gasteiger partial charge in [0.25, 0.3) is 0 Å². The molecule has 20 heavy (non-hydrogen) atoms. The van der Waals surface area contributed by atoms with Crippen LogP contribution in [0.2, 0.25) is 0 Å². The van der Waals surface area contributed by atoms with Crippen LogP contribution in [0.15, 0.2) is 39.5 Å². The Kier molecular flexibility index (Phi) is 4.14. The molecule has 0 aliphatic rings. The number of rotatable bonds is 3. The Morgan fingerprint density at radius 3 is 2.70 bits per heavy atom. The van der Waals surface area contributed by atoms with E-state index in [9.17, 15) is 8.78 Å². The third-order valence-corrected chi connectivity index (χ3v) is 3.22. The van der Waals surface area contributed by atoms with Crippen LogP contribution in [0, 0.1) is 18.6 Å². The number of nitrogens with two attached hydrogens (primary N) is 1. The molecule has 3 N–H and O–H groups in total. The van der Waals surface area contributed by atoms with Crippen molar-refractivity contribution in [3.8, 4) is 0 Å². The Bertz CT molecular complexity index is 679. The van der Waals surface area contributed by atoms with Crippen LogP contribution in [-0.2, 0) is 0 Å². The molecule has 0 aliphatic heterocycles. The molecular weight excluding hydrogens is 286 g/mol. The van der Waals surface area contributed by atoms with Gasteiger partial charge in [0.2, 0.25) is 0 Å². The predicted molar refractivity (Wildman–Crippen MR) is 69.8 cm³/mol. The fourth-order valence-corrected chi connectivity index (χ4v) is 2.25. The summed E-state index contributed by atoms with van der Waals surface area (Å²) in [4.78, 5) is 8.33. The van der Waals surface area contributed by atoms with E-state index in [-0.39, 0.29) is 21.6 Å². The van der Waals surface area contributed by atoms with Gasteiger partial charge in [0.15, 0.2) is 11.0 Å². The first kappa shape index (κ1) is 14.2. The van der Waals surface area contributed by atoms with Crippen molar-refractivity contribution in [3.63, 3.8) is 0 Å². The van der Waals surface area contributed by atoms with Crippen LogP contribution in [0.25, 0.3) is 0 Å². The number of nitrogens with zero attached hydrogens (tertiary/aromatic N) is 3. The first-order valence-corrected chi connectivity index (χ1v) is 6.27. The van der Waals surface area contributed by atoms with Crippen molar-refractivity contribution in [2.24, 2.45) is 10.9 Å². The van der Waals surface area contributed by atoms with Gasteiger partial charge in [-0.1, -0.05) is 5.16 Å². The van der Waals surface area contributed by atoms with Crippen molar-refractivity contribution < 1.29 is 14.0 Å². The lowest BCUT2D eigenvalue weighted by Crippen LogP contribution is -2.16. The fraction of sp³-hybridized carbons (Fsp3) is 0.0833. The topological polar surface area (TPSA) is 84.4 Å². The summed E-state index contributed by atoms with van der Waals surface area (Å²) in [5.41, 5.74) is 6.25. The van der Waals surface area contributed by atoms with Crippen molar-refractivity contribution in [1.82, 2.24) is 9.97 Å². The standard InChI is InChI=1S/C12H10F2N4OS/c1-6-4-9(11(15)18-19)17-12(16-6)20-10-3-2-7(13)5-8(10)14/h2-5,19H,1H3,(H2,15,18). The highest BCUT2D eigenvalue weighted by Crippen LogP contribution is 2.27. The van der Waals surface area contributed by atoms with Gasteiger partial charge < -0.3 is 10.9 Å². The number of aryl methyl sites for hydroxylation is 1. The third-order valence-electron chi connectivity index (χ3n) is 2.30. The number of halogens is 2. The molecule has 0 aliphatic carbocycles. The third kappa shape index (κ3) is 3.21. The Hall–Kier alpha value is -2.22. The second kappa shape index (κ2) is 5.83. The van der Waals surface area contributed by atoms with Gasteiger partial charge in [0.1, 0.15) is 17.3 Å². The Morgan fingerprint density at radius 2 is 2.05 bits per heavy atom. The molecule has 1 aromatic carbocycles. The van der Waals surface area contributed by atoms with E-state index in [1.54, 1.807) is 6.92 Å². The summed E-state index contributed by atoms with van der Waals surface area (Å²) < 4.78 is 26.4. The normalized spacial score (nSPS) is 11.7. The molecule has 0 atom stereocenters. The van der Waals surface area contributed by atoms with E-state index in [1.807, 2.05) is 0 Å². The lowest BCUT2D eigenvalue weighted by Gasteiger charge is -2.05. The highest BCUT2D eigenvalue weighted by atomic mass is 32.2. The number of oxime groups is 1. The molecule has 1 aromatic heterocycles. The van der Waals surface area contributed by atoms with Crippen LogP contribution < -0.4 is 5.73 Å². The number of amidine groups is 1. The molecule has 0 fully saturated rings. The molecule has 1 heterocycles. The maximum Gasteiger partial charge on any atom is 0.193 e. The van der Waals surface area contributed by atoms with Crippen LogP contribution >= 0.6 is 11.8 Å². The first-order valence-electron chi connectivity index (χ1n) is 5.46. The van der Waals surface area contributed by atoms with Gasteiger partial charge in [-0.3, -0.25) is 0 Å². The number of hydrogen-bond donors (Lipinski definition) is 2. The van der Waals surface area contributed by atoms with Gasteiger partial charge in [0, 0.05) is 11.8 Å². The van der Waals surface area contributed by atoms with Crippen molar-refractivity contribution >= 4 is 17.6 Å². The highest BCUT2D eigenvalue weighted by Gasteiger charge is 2.11. The van der Waals surface area contributed by atoms with E-state index in [2.05, 4.69) is 15.1 Å². The van der Waals surface area contributed by atoms with E-state index in [4.69, 9.17) is 10.9 Å². The smallest absolute Gasteiger partial charge is 0.193 e. The summed E-state index contributed by atoms with van der Waals surface area (Å²) in [6, 6.07) is 4.75. The summed E-state index contributed by atoms with van der Waals surface area (Å²) in [6.45, 7) is 1.70. The minimum absolute atomic E-state index is 0.170. The molecule has 0 unspecified atom stereocenters. The van der Waals surface area contributed by atoms with Gasteiger partial charge in [0.05, 0.1) is 4.90 Å². The fourth-order valence-electron chi connectivity index (χ4n) is 1.43. The van der Waals surface area contributed by atoms with Gasteiger partial charge in [-0.2, -0.15) is 0 Å². The van der Waals surface area contributed by atoms with Crippen LogP contribution in [-0.4, -0.2) is 21.0 Å². The van der Waals surface area contributed by atoms with Crippen molar-refractivity contribution in [2.75, 3.05) is 0 Å². The average molecular weight is 296 g/mol. The van der Waals surface area contributed by atoms with Crippen LogP contribution in [0.1, 0.15) is 11.4 Å². The molecule has 0 bridgehead atoms. The van der Waals surface area contributed by atoms with E-state index >= 15 is 0 Å². The molecule has 2 rings (SSSR count). The molecule has 0 saturated carbocycles. The molecule has 0 radical (unpaired) electrons. The second-order valence-electron chi connectivity index (χ2n) is 3.84. The largest absolute Gasteiger partial charge is 0.409 e. The second-order valence-corrected chi connectivity index (χ2v) is 4.85. The molecule has 0 spiro atoms. The minimum Gasteiger partial charge on any atom is -0.409 e. The maximum atomic E-state index is 13.6. The first-order chi connectivity index (χ1) is 9.49. The molecule has 0 saturated heterocycles. The van der Waals surface area contributed by atoms with E-state index in [0.717, 1.165) is 23.9 Å². The Labute approximate surface area is 117 Å². The molecule has 104 valence electrons. The molecule has 5 nitrogen and oxygen atoms in total. The number of aromatic nitrogens is 2. The van der Waals surface area contributed by atoms with Crippen molar-refractivity contribution in [1.29, 1.82) is 0 Å². The van der Waals surface area contributed by atoms with Crippen molar-refractivity contribution in [2.45, 2.75) is 17.0 Å². The average Bonchev–Trinajstić information content (AvgIpc) is 2.40. The van der Waals surface area contributed by atoms with Crippen molar-refractivity contribution in [3.05, 3.63) is 47.3 Å². The lowest BCUT2D eigenvalue weighted by atomic mass is 10.3. The van der Waals surface area contributed by atoms with E-state index in [1.165, 1.54) is 12.1 Å². The SMILES string of the molecule is Cc1cc(/C(N)=N/O)nc(Sc2ccc(F)cc2F)n1. The number of hydrogen-bond acceptors (Lipinski definition) is 5. The highest BCUT2D eigenvalue weighted by molar-refractivity contribution is 7.99. The summed E-state index contributed by atoms with van der Waals surface area (Å²) >= 11 is 0.923. The van der Waals surface area contributed by atoms with Crippen LogP contribution in [0.3, 0.4) is 0 Å². The molecular formula is C12H10F2N4OS. The van der Waals surface area contributed by atoms with Crippen LogP contribution in [0.4, 0.5) is 8.78 Å². The van der Waals surface area contributed by atoms with Gasteiger partial charge in [-0.05, 0) is 36.9 Å². The van der Waals surface area contributed by atoms with Gasteiger partial charge in [-0.15, -0.1) is 0 Å². The Balaban J connectivity index is 2.36.